The molecule has 33 heavy (non-hydrogen) atoms. The fourth-order valence-corrected chi connectivity index (χ4v) is 5.71. The van der Waals surface area contributed by atoms with E-state index in [0.717, 1.165) is 0 Å². The number of nitrogens with zero attached hydrogens (tertiary/aromatic N) is 2. The minimum Gasteiger partial charge on any atom is -0.487 e. The Morgan fingerprint density at radius 2 is 2.06 bits per heavy atom. The molecule has 3 atom stereocenters. The Labute approximate surface area is 201 Å². The molecule has 1 heterocycles. The number of fused-ring (bicyclic) bond motifs is 1. The second-order valence-electron chi connectivity index (χ2n) is 8.12. The number of aliphatic hydroxyl groups is 1. The average Bonchev–Trinajstić information content (AvgIpc) is 2.76. The third kappa shape index (κ3) is 5.65. The van der Waals surface area contributed by atoms with Crippen LogP contribution >= 0.6 is 15.9 Å². The molecular weight excluding hydrogens is 517 g/mol. The normalized spacial score (nSPS) is 21.2. The van der Waals surface area contributed by atoms with Gasteiger partial charge in [-0.15, -0.1) is 0 Å². The molecule has 2 N–H and O–H groups in total. The number of benzene rings is 2. The zero-order valence-electron chi connectivity index (χ0n) is 18.5. The van der Waals surface area contributed by atoms with Gasteiger partial charge in [-0.1, -0.05) is 35.0 Å². The van der Waals surface area contributed by atoms with Gasteiger partial charge >= 0.3 is 6.03 Å². The Bertz CT molecular complexity index is 1120. The lowest BCUT2D eigenvalue weighted by Crippen LogP contribution is -2.50. The van der Waals surface area contributed by atoms with E-state index in [2.05, 4.69) is 21.2 Å². The molecule has 2 amide bonds. The summed E-state index contributed by atoms with van der Waals surface area (Å²) in [6, 6.07) is 9.31. The quantitative estimate of drug-likeness (QED) is 0.601. The second kappa shape index (κ2) is 10.4. The summed E-state index contributed by atoms with van der Waals surface area (Å²) >= 11 is 3.35. The van der Waals surface area contributed by atoms with Gasteiger partial charge < -0.3 is 20.1 Å². The molecule has 180 valence electrons. The summed E-state index contributed by atoms with van der Waals surface area (Å²) in [5.41, 5.74) is 0.0595. The number of rotatable bonds is 5. The molecule has 0 spiro atoms. The molecule has 2 aromatic rings. The van der Waals surface area contributed by atoms with Gasteiger partial charge in [-0.25, -0.2) is 17.6 Å². The fourth-order valence-electron chi connectivity index (χ4n) is 3.54. The van der Waals surface area contributed by atoms with Crippen molar-refractivity contribution in [1.29, 1.82) is 0 Å². The number of carbonyl (C=O) groups is 1. The maximum absolute atomic E-state index is 13.9. The SMILES string of the molecule is C[C@H]1CN([C@@H](C)CO)S(=O)(=O)c2ccc(Br)cc2O[C@H]1CN(C)C(=O)Nc1ccccc1F. The number of aliphatic hydroxyl groups excluding tert-OH is 1. The lowest BCUT2D eigenvalue weighted by Gasteiger charge is -2.37. The van der Waals surface area contributed by atoms with E-state index < -0.39 is 34.0 Å². The van der Waals surface area contributed by atoms with E-state index in [9.17, 15) is 22.7 Å². The Balaban J connectivity index is 1.89. The van der Waals surface area contributed by atoms with E-state index in [1.54, 1.807) is 32.2 Å². The van der Waals surface area contributed by atoms with Crippen molar-refractivity contribution in [1.82, 2.24) is 9.21 Å². The number of ether oxygens (including phenoxy) is 1. The molecule has 2 aromatic carbocycles. The first kappa shape index (κ1) is 25.4. The largest absolute Gasteiger partial charge is 0.487 e. The summed E-state index contributed by atoms with van der Waals surface area (Å²) in [6.07, 6.45) is -0.571. The van der Waals surface area contributed by atoms with Gasteiger partial charge in [0.15, 0.2) is 0 Å². The number of anilines is 1. The average molecular weight is 544 g/mol. The van der Waals surface area contributed by atoms with Crippen LogP contribution in [0.3, 0.4) is 0 Å². The van der Waals surface area contributed by atoms with Gasteiger partial charge in [0.05, 0.1) is 18.8 Å². The van der Waals surface area contributed by atoms with Crippen molar-refractivity contribution in [2.45, 2.75) is 30.9 Å². The van der Waals surface area contributed by atoms with Crippen LogP contribution in [-0.2, 0) is 10.0 Å². The van der Waals surface area contributed by atoms with E-state index in [-0.39, 0.29) is 41.9 Å². The molecule has 0 fully saturated rings. The summed E-state index contributed by atoms with van der Waals surface area (Å²) in [7, 11) is -2.37. The molecule has 0 aliphatic carbocycles. The number of urea groups is 1. The van der Waals surface area contributed by atoms with Crippen LogP contribution in [0.4, 0.5) is 14.9 Å². The number of halogens is 2. The minimum atomic E-state index is -3.92. The highest BCUT2D eigenvalue weighted by atomic mass is 79.9. The van der Waals surface area contributed by atoms with E-state index in [1.165, 1.54) is 33.5 Å². The van der Waals surface area contributed by atoms with Gasteiger partial charge in [0.2, 0.25) is 10.0 Å². The third-order valence-corrected chi connectivity index (χ3v) is 8.06. The first-order valence-corrected chi connectivity index (χ1v) is 12.6. The molecule has 1 aliphatic heterocycles. The van der Waals surface area contributed by atoms with E-state index >= 15 is 0 Å². The zero-order chi connectivity index (χ0) is 24.3. The van der Waals surface area contributed by atoms with Crippen LogP contribution in [0.2, 0.25) is 0 Å². The molecule has 11 heteroatoms. The highest BCUT2D eigenvalue weighted by molar-refractivity contribution is 9.10. The topological polar surface area (TPSA) is 99.2 Å². The van der Waals surface area contributed by atoms with Crippen LogP contribution in [0.5, 0.6) is 5.75 Å². The molecule has 0 unspecified atom stereocenters. The zero-order valence-corrected chi connectivity index (χ0v) is 20.9. The molecule has 3 rings (SSSR count). The highest BCUT2D eigenvalue weighted by Crippen LogP contribution is 2.35. The molecule has 0 radical (unpaired) electrons. The number of nitrogens with one attached hydrogen (secondary N) is 1. The molecule has 0 saturated heterocycles. The lowest BCUT2D eigenvalue weighted by molar-refractivity contribution is 0.0829. The number of carbonyl (C=O) groups excluding carboxylic acids is 1. The first-order chi connectivity index (χ1) is 15.5. The number of para-hydroxylation sites is 1. The van der Waals surface area contributed by atoms with Crippen molar-refractivity contribution in [3.63, 3.8) is 0 Å². The molecular formula is C22H27BrFN3O5S. The standard InChI is InChI=1S/C22H27BrFN3O5S/c1-14-11-27(15(2)13-28)33(30,31)21-9-8-16(23)10-19(21)32-20(14)12-26(3)22(29)25-18-7-5-4-6-17(18)24/h4-10,14-15,20,28H,11-13H2,1-3H3,(H,25,29)/t14-,15-,20-/m0/s1. The van der Waals surface area contributed by atoms with Gasteiger partial charge in [0.25, 0.3) is 0 Å². The number of amides is 2. The van der Waals surface area contributed by atoms with Crippen molar-refractivity contribution < 1.29 is 27.4 Å². The Morgan fingerprint density at radius 1 is 1.36 bits per heavy atom. The first-order valence-electron chi connectivity index (χ1n) is 10.4. The predicted molar refractivity (Wildman–Crippen MR) is 126 cm³/mol. The maximum Gasteiger partial charge on any atom is 0.321 e. The van der Waals surface area contributed by atoms with Crippen LogP contribution in [0.1, 0.15) is 13.8 Å². The maximum atomic E-state index is 13.9. The third-order valence-electron chi connectivity index (χ3n) is 5.55. The number of hydrogen-bond acceptors (Lipinski definition) is 5. The summed E-state index contributed by atoms with van der Waals surface area (Å²) in [5, 5.41) is 12.2. The van der Waals surface area contributed by atoms with E-state index in [0.29, 0.717) is 4.47 Å². The van der Waals surface area contributed by atoms with Crippen molar-refractivity contribution in [3.05, 3.63) is 52.8 Å². The second-order valence-corrected chi connectivity index (χ2v) is 10.9. The summed E-state index contributed by atoms with van der Waals surface area (Å²) in [5.74, 6) is -0.726. The summed E-state index contributed by atoms with van der Waals surface area (Å²) in [6.45, 7) is 3.33. The van der Waals surface area contributed by atoms with Gasteiger partial charge in [0.1, 0.15) is 22.6 Å². The number of sulfonamides is 1. The monoisotopic (exact) mass is 543 g/mol. The number of likely N-dealkylation sites (N-methyl/N-ethyl adjacent to an activating group) is 1. The van der Waals surface area contributed by atoms with Crippen LogP contribution in [0.15, 0.2) is 51.8 Å². The Hall–Kier alpha value is -2.21. The van der Waals surface area contributed by atoms with Gasteiger partial charge in [0, 0.05) is 30.0 Å². The Kier molecular flexibility index (Phi) is 7.99. The molecule has 0 aromatic heterocycles. The molecule has 8 nitrogen and oxygen atoms in total. The minimum absolute atomic E-state index is 0.0126. The van der Waals surface area contributed by atoms with Crippen molar-refractivity contribution >= 4 is 37.7 Å². The number of hydrogen-bond donors (Lipinski definition) is 2. The van der Waals surface area contributed by atoms with Crippen molar-refractivity contribution in [2.75, 3.05) is 32.1 Å². The van der Waals surface area contributed by atoms with Crippen LogP contribution in [0.25, 0.3) is 0 Å². The van der Waals surface area contributed by atoms with E-state index in [1.807, 2.05) is 6.92 Å². The fraction of sp³-hybridized carbons (Fsp3) is 0.409. The molecule has 0 bridgehead atoms. The molecule has 0 saturated carbocycles. The van der Waals surface area contributed by atoms with Crippen molar-refractivity contribution in [2.24, 2.45) is 5.92 Å². The van der Waals surface area contributed by atoms with Crippen LogP contribution in [-0.4, -0.2) is 67.7 Å². The van der Waals surface area contributed by atoms with Crippen LogP contribution < -0.4 is 10.1 Å². The van der Waals surface area contributed by atoms with Gasteiger partial charge in [-0.05, 0) is 37.3 Å². The van der Waals surface area contributed by atoms with Gasteiger partial charge in [-0.2, -0.15) is 4.31 Å². The van der Waals surface area contributed by atoms with Gasteiger partial charge in [-0.3, -0.25) is 0 Å². The smallest absolute Gasteiger partial charge is 0.321 e. The lowest BCUT2D eigenvalue weighted by atomic mass is 10.0. The highest BCUT2D eigenvalue weighted by Gasteiger charge is 2.38. The van der Waals surface area contributed by atoms with Crippen LogP contribution in [0, 0.1) is 11.7 Å². The summed E-state index contributed by atoms with van der Waals surface area (Å²) in [4.78, 5) is 14.0. The molecule has 1 aliphatic rings. The summed E-state index contributed by atoms with van der Waals surface area (Å²) < 4.78 is 48.6. The predicted octanol–water partition coefficient (Wildman–Crippen LogP) is 3.52. The Morgan fingerprint density at radius 3 is 2.73 bits per heavy atom. The van der Waals surface area contributed by atoms with Crippen molar-refractivity contribution in [3.8, 4) is 5.75 Å². The van der Waals surface area contributed by atoms with E-state index in [4.69, 9.17) is 4.74 Å².